The summed E-state index contributed by atoms with van der Waals surface area (Å²) < 4.78 is 43.4. The molecule has 0 spiro atoms. The molecule has 2 aromatic heterocycles. The van der Waals surface area contributed by atoms with E-state index in [-0.39, 0.29) is 46.6 Å². The predicted molar refractivity (Wildman–Crippen MR) is 224 cm³/mol. The molecule has 0 aliphatic carbocycles. The van der Waals surface area contributed by atoms with Crippen LogP contribution in [0.15, 0.2) is 132 Å². The lowest BCUT2D eigenvalue weighted by molar-refractivity contribution is -0.118. The lowest BCUT2D eigenvalue weighted by Gasteiger charge is -2.45. The molecule has 6 aromatic rings. The van der Waals surface area contributed by atoms with Crippen molar-refractivity contribution in [1.29, 1.82) is 0 Å². The number of rotatable bonds is 14. The van der Waals surface area contributed by atoms with Crippen LogP contribution < -0.4 is 30.3 Å². The average Bonchev–Trinajstić information content (AvgIpc) is 3.81. The van der Waals surface area contributed by atoms with Crippen LogP contribution in [-0.4, -0.2) is 52.1 Å². The van der Waals surface area contributed by atoms with Gasteiger partial charge in [0.05, 0.1) is 24.7 Å². The van der Waals surface area contributed by atoms with Crippen molar-refractivity contribution in [3.05, 3.63) is 138 Å². The summed E-state index contributed by atoms with van der Waals surface area (Å²) in [6.45, 7) is 10.1. The number of para-hydroxylation sites is 2. The molecule has 3 heterocycles. The van der Waals surface area contributed by atoms with Crippen molar-refractivity contribution in [2.75, 3.05) is 11.5 Å². The second-order valence-corrected chi connectivity index (χ2v) is 21.8. The Labute approximate surface area is 333 Å². The first-order valence-corrected chi connectivity index (χ1v) is 22.8. The predicted octanol–water partition coefficient (Wildman–Crippen LogP) is 7.69. The van der Waals surface area contributed by atoms with Gasteiger partial charge in [0, 0.05) is 12.3 Å². The molecular weight excluding hydrogens is 758 g/mol. The van der Waals surface area contributed by atoms with Crippen LogP contribution in [0, 0.1) is 5.92 Å². The molecule has 0 saturated carbocycles. The third kappa shape index (κ3) is 8.67. The summed E-state index contributed by atoms with van der Waals surface area (Å²) in [7, 11) is -6.96. The molecule has 1 fully saturated rings. The largest absolute Gasteiger partial charge is 0.430 e. The number of hydrogen-bond acceptors (Lipinski definition) is 9. The van der Waals surface area contributed by atoms with Crippen LogP contribution in [0.4, 0.5) is 5.95 Å². The molecule has 7 rings (SSSR count). The van der Waals surface area contributed by atoms with E-state index < -0.39 is 39.9 Å². The first-order chi connectivity index (χ1) is 27.3. The molecule has 14 heteroatoms. The van der Waals surface area contributed by atoms with Crippen molar-refractivity contribution in [2.45, 2.75) is 70.9 Å². The van der Waals surface area contributed by atoms with Gasteiger partial charge in [-0.25, -0.2) is 9.55 Å². The van der Waals surface area contributed by atoms with Crippen LogP contribution in [-0.2, 0) is 18.5 Å². The fraction of sp³-hybridized carbons (Fsp3) is 0.302. The lowest BCUT2D eigenvalue weighted by atomic mass is 10.1. The van der Waals surface area contributed by atoms with Crippen molar-refractivity contribution in [1.82, 2.24) is 19.5 Å². The molecular formula is C43H48N5O7PSi. The highest BCUT2D eigenvalue weighted by Gasteiger charge is 2.54. The number of benzene rings is 4. The van der Waals surface area contributed by atoms with E-state index >= 15 is 0 Å². The molecule has 2 N–H and O–H groups in total. The number of imidazole rings is 1. The minimum Gasteiger partial charge on any atom is -0.416 e. The normalized spacial score (nSPS) is 17.5. The number of nitrogens with one attached hydrogen (secondary N) is 2. The molecule has 1 aliphatic heterocycles. The van der Waals surface area contributed by atoms with Crippen molar-refractivity contribution < 1.29 is 27.6 Å². The number of anilines is 1. The zero-order valence-corrected chi connectivity index (χ0v) is 34.6. The van der Waals surface area contributed by atoms with Gasteiger partial charge in [0.1, 0.15) is 17.7 Å². The van der Waals surface area contributed by atoms with Crippen LogP contribution in [0.3, 0.4) is 0 Å². The quantitative estimate of drug-likeness (QED) is 0.0836. The maximum Gasteiger partial charge on any atom is 0.430 e. The van der Waals surface area contributed by atoms with Crippen LogP contribution in [0.5, 0.6) is 11.5 Å². The summed E-state index contributed by atoms with van der Waals surface area (Å²) in [6, 6.07) is 38.6. The Balaban J connectivity index is 1.29. The van der Waals surface area contributed by atoms with E-state index in [0.29, 0.717) is 17.9 Å². The number of aromatic nitrogens is 4. The van der Waals surface area contributed by atoms with Crippen LogP contribution >= 0.6 is 7.60 Å². The Hall–Kier alpha value is -5.33. The third-order valence-corrected chi connectivity index (χ3v) is 16.9. The summed E-state index contributed by atoms with van der Waals surface area (Å²) in [5, 5.41) is 4.55. The van der Waals surface area contributed by atoms with E-state index in [1.807, 2.05) is 72.8 Å². The molecule has 3 atom stereocenters. The Morgan fingerprint density at radius 1 is 0.895 bits per heavy atom. The number of nitrogens with zero attached hydrogens (tertiary/aromatic N) is 3. The fourth-order valence-corrected chi connectivity index (χ4v) is 13.7. The molecule has 4 aromatic carbocycles. The van der Waals surface area contributed by atoms with Crippen LogP contribution in [0.1, 0.15) is 53.7 Å². The Morgan fingerprint density at radius 2 is 1.42 bits per heavy atom. The zero-order valence-electron chi connectivity index (χ0n) is 32.7. The summed E-state index contributed by atoms with van der Waals surface area (Å²) in [6.07, 6.45) is 0.305. The topological polar surface area (TPSA) is 147 Å². The van der Waals surface area contributed by atoms with Crippen molar-refractivity contribution in [3.8, 4) is 11.5 Å². The van der Waals surface area contributed by atoms with Crippen LogP contribution in [0.25, 0.3) is 11.2 Å². The summed E-state index contributed by atoms with van der Waals surface area (Å²) >= 11 is 0. The van der Waals surface area contributed by atoms with Gasteiger partial charge < -0.3 is 18.2 Å². The number of aromatic amines is 1. The molecule has 0 bridgehead atoms. The van der Waals surface area contributed by atoms with Gasteiger partial charge in [0.25, 0.3) is 13.9 Å². The second-order valence-electron chi connectivity index (χ2n) is 15.5. The number of H-pyrrole nitrogens is 1. The highest BCUT2D eigenvalue weighted by Crippen LogP contribution is 2.51. The highest BCUT2D eigenvalue weighted by molar-refractivity contribution is 7.54. The number of ether oxygens (including phenoxy) is 1. The molecule has 296 valence electrons. The average molecular weight is 806 g/mol. The Bertz CT molecular complexity index is 2300. The van der Waals surface area contributed by atoms with Crippen LogP contribution in [0.2, 0.25) is 5.04 Å². The minimum absolute atomic E-state index is 0.00274. The van der Waals surface area contributed by atoms with Gasteiger partial charge in [-0.3, -0.25) is 24.5 Å². The monoisotopic (exact) mass is 805 g/mol. The van der Waals surface area contributed by atoms with E-state index in [9.17, 15) is 14.2 Å². The number of fused-ring (bicyclic) bond motifs is 1. The molecule has 57 heavy (non-hydrogen) atoms. The molecule has 12 nitrogen and oxygen atoms in total. The van der Waals surface area contributed by atoms with Gasteiger partial charge in [-0.05, 0) is 46.1 Å². The maximum atomic E-state index is 14.8. The van der Waals surface area contributed by atoms with E-state index in [1.165, 1.54) is 6.33 Å². The van der Waals surface area contributed by atoms with Gasteiger partial charge in [-0.1, -0.05) is 132 Å². The van der Waals surface area contributed by atoms with Gasteiger partial charge in [-0.2, -0.15) is 4.98 Å². The van der Waals surface area contributed by atoms with Crippen molar-refractivity contribution in [2.24, 2.45) is 5.92 Å². The second kappa shape index (κ2) is 16.6. The molecule has 0 unspecified atom stereocenters. The molecule has 1 amide bonds. The van der Waals surface area contributed by atoms with E-state index in [2.05, 4.69) is 65.3 Å². The van der Waals surface area contributed by atoms with E-state index in [4.69, 9.17) is 18.2 Å². The molecule has 1 aliphatic rings. The highest BCUT2D eigenvalue weighted by atomic mass is 31.2. The number of amides is 1. The minimum atomic E-state index is -3.84. The van der Waals surface area contributed by atoms with Crippen molar-refractivity contribution in [3.63, 3.8) is 0 Å². The molecule has 0 radical (unpaired) electrons. The van der Waals surface area contributed by atoms with E-state index in [0.717, 1.165) is 10.4 Å². The lowest BCUT2D eigenvalue weighted by Crippen LogP contribution is -2.68. The third-order valence-electron chi connectivity index (χ3n) is 10.1. The van der Waals surface area contributed by atoms with Gasteiger partial charge in [0.2, 0.25) is 11.9 Å². The smallest absolute Gasteiger partial charge is 0.416 e. The number of carbonyl (C=O) groups is 1. The Kier molecular flexibility index (Phi) is 11.6. The fourth-order valence-electron chi connectivity index (χ4n) is 7.31. The summed E-state index contributed by atoms with van der Waals surface area (Å²) in [5.74, 6) is 0.230. The van der Waals surface area contributed by atoms with Gasteiger partial charge in [0.15, 0.2) is 11.2 Å². The maximum absolute atomic E-state index is 14.8. The zero-order chi connectivity index (χ0) is 40.2. The number of carbonyl (C=O) groups excluding carboxylic acids is 1. The summed E-state index contributed by atoms with van der Waals surface area (Å²) in [5.41, 5.74) is -0.145. The SMILES string of the molecule is CC(C)C(=O)Nc1nc2c(ncn2[C@H]2C[C@H](O[Si](c3ccccc3)(c3ccccc3)C(C)(C)C)[C@@H](CCP(=O)(Oc3ccccc3)Oc3ccccc3)O2)c(=O)[nH]1. The standard InChI is InChI=1S/C43H48N5O7PSi/c1-30(2)40(49)46-42-45-39-38(41(50)47-42)44-29-48(39)37-28-36(55-57(43(3,4)5,33-22-14-8-15-23-33)34-24-16-9-17-25-34)35(52-37)26-27-56(51,53-31-18-10-6-11-19-31)54-32-20-12-7-13-21-32/h6-25,29-30,35-37H,26-28H2,1-5H3,(H2,45,46,47,49,50)/t35-,36+,37-/m1/s1. The first-order valence-electron chi connectivity index (χ1n) is 19.2. The first kappa shape index (κ1) is 39.9. The number of hydrogen-bond donors (Lipinski definition) is 2. The van der Waals surface area contributed by atoms with Gasteiger partial charge >= 0.3 is 7.60 Å². The summed E-state index contributed by atoms with van der Waals surface area (Å²) in [4.78, 5) is 37.4. The Morgan fingerprint density at radius 3 is 1.93 bits per heavy atom. The van der Waals surface area contributed by atoms with Crippen molar-refractivity contribution >= 4 is 49.3 Å². The molecule has 1 saturated heterocycles. The van der Waals surface area contributed by atoms with Gasteiger partial charge in [-0.15, -0.1) is 0 Å². The van der Waals surface area contributed by atoms with E-state index in [1.54, 1.807) is 42.7 Å².